The zero-order valence-corrected chi connectivity index (χ0v) is 12.7. The standard InChI is InChI=1S/C15H15FN6O/c1-9(23)19-13-12-14(21-15(17-2)20-13)22(8-18-12)7-10-5-3-4-6-11(10)16/h3-6,8H,7H2,1-2H3,(H2,17,19,20,21,23). The summed E-state index contributed by atoms with van der Waals surface area (Å²) in [5, 5.41) is 5.47. The summed E-state index contributed by atoms with van der Waals surface area (Å²) in [5.41, 5.74) is 1.49. The first kappa shape index (κ1) is 14.9. The summed E-state index contributed by atoms with van der Waals surface area (Å²) in [6, 6.07) is 6.52. The lowest BCUT2D eigenvalue weighted by molar-refractivity contribution is -0.114. The van der Waals surface area contributed by atoms with Gasteiger partial charge in [-0.3, -0.25) is 4.79 Å². The Bertz CT molecular complexity index is 876. The van der Waals surface area contributed by atoms with Crippen LogP contribution in [0, 0.1) is 5.82 Å². The SMILES string of the molecule is CNc1nc(NC(C)=O)c2ncn(Cc3ccccc3F)c2n1. The van der Waals surface area contributed by atoms with Crippen molar-refractivity contribution in [2.75, 3.05) is 17.7 Å². The fourth-order valence-electron chi connectivity index (χ4n) is 2.24. The summed E-state index contributed by atoms with van der Waals surface area (Å²) >= 11 is 0. The molecule has 0 fully saturated rings. The Morgan fingerprint density at radius 3 is 2.78 bits per heavy atom. The minimum absolute atomic E-state index is 0.254. The number of amides is 1. The van der Waals surface area contributed by atoms with Gasteiger partial charge in [-0.2, -0.15) is 9.97 Å². The van der Waals surface area contributed by atoms with Crippen LogP contribution < -0.4 is 10.6 Å². The summed E-state index contributed by atoms with van der Waals surface area (Å²) in [6.07, 6.45) is 1.55. The highest BCUT2D eigenvalue weighted by Gasteiger charge is 2.14. The van der Waals surface area contributed by atoms with Gasteiger partial charge in [0.05, 0.1) is 12.9 Å². The van der Waals surface area contributed by atoms with E-state index >= 15 is 0 Å². The second-order valence-corrected chi connectivity index (χ2v) is 4.96. The minimum Gasteiger partial charge on any atom is -0.357 e. The second-order valence-electron chi connectivity index (χ2n) is 4.96. The average Bonchev–Trinajstić information content (AvgIpc) is 2.92. The van der Waals surface area contributed by atoms with Crippen molar-refractivity contribution in [2.24, 2.45) is 0 Å². The molecular weight excluding hydrogens is 299 g/mol. The molecule has 0 spiro atoms. The number of fused-ring (bicyclic) bond motifs is 1. The molecule has 7 nitrogen and oxygen atoms in total. The number of hydrogen-bond donors (Lipinski definition) is 2. The van der Waals surface area contributed by atoms with Gasteiger partial charge in [-0.05, 0) is 6.07 Å². The molecule has 2 aromatic heterocycles. The van der Waals surface area contributed by atoms with Gasteiger partial charge in [0.2, 0.25) is 11.9 Å². The van der Waals surface area contributed by atoms with Crippen LogP contribution in [0.5, 0.6) is 0 Å². The highest BCUT2D eigenvalue weighted by atomic mass is 19.1. The van der Waals surface area contributed by atoms with Crippen molar-refractivity contribution in [2.45, 2.75) is 13.5 Å². The highest BCUT2D eigenvalue weighted by molar-refractivity contribution is 5.96. The summed E-state index contributed by atoms with van der Waals surface area (Å²) < 4.78 is 15.6. The van der Waals surface area contributed by atoms with Gasteiger partial charge in [0.15, 0.2) is 17.0 Å². The van der Waals surface area contributed by atoms with Gasteiger partial charge in [0.25, 0.3) is 0 Å². The zero-order valence-electron chi connectivity index (χ0n) is 12.7. The summed E-state index contributed by atoms with van der Waals surface area (Å²) in [5.74, 6) is 0.116. The van der Waals surface area contributed by atoms with Crippen LogP contribution in [0.2, 0.25) is 0 Å². The average molecular weight is 314 g/mol. The molecular formula is C15H15FN6O. The predicted molar refractivity (Wildman–Crippen MR) is 84.7 cm³/mol. The van der Waals surface area contributed by atoms with Crippen LogP contribution in [-0.4, -0.2) is 32.5 Å². The van der Waals surface area contributed by atoms with E-state index in [2.05, 4.69) is 25.6 Å². The monoisotopic (exact) mass is 314 g/mol. The summed E-state index contributed by atoms with van der Waals surface area (Å²) in [6.45, 7) is 1.67. The van der Waals surface area contributed by atoms with Crippen molar-refractivity contribution >= 4 is 28.8 Å². The Hall–Kier alpha value is -3.03. The molecule has 3 rings (SSSR count). The molecule has 0 saturated heterocycles. The van der Waals surface area contributed by atoms with Crippen LogP contribution in [0.25, 0.3) is 11.2 Å². The van der Waals surface area contributed by atoms with Crippen molar-refractivity contribution < 1.29 is 9.18 Å². The van der Waals surface area contributed by atoms with Crippen molar-refractivity contribution in [3.05, 3.63) is 42.0 Å². The number of carbonyl (C=O) groups is 1. The zero-order chi connectivity index (χ0) is 16.4. The predicted octanol–water partition coefficient (Wildman–Crippen LogP) is 2.01. The number of anilines is 2. The number of benzene rings is 1. The van der Waals surface area contributed by atoms with Crippen molar-refractivity contribution in [1.82, 2.24) is 19.5 Å². The van der Waals surface area contributed by atoms with Crippen molar-refractivity contribution in [3.63, 3.8) is 0 Å². The van der Waals surface area contributed by atoms with Crippen LogP contribution in [0.4, 0.5) is 16.2 Å². The Morgan fingerprint density at radius 2 is 2.09 bits per heavy atom. The van der Waals surface area contributed by atoms with E-state index in [1.807, 2.05) is 0 Å². The quantitative estimate of drug-likeness (QED) is 0.769. The second kappa shape index (κ2) is 5.99. The maximum absolute atomic E-state index is 13.8. The first-order valence-electron chi connectivity index (χ1n) is 7.00. The van der Waals surface area contributed by atoms with Crippen molar-refractivity contribution in [3.8, 4) is 0 Å². The molecule has 0 aliphatic carbocycles. The topological polar surface area (TPSA) is 84.7 Å². The molecule has 8 heteroatoms. The number of imidazole rings is 1. The molecule has 2 heterocycles. The van der Waals surface area contributed by atoms with Gasteiger partial charge in [-0.15, -0.1) is 0 Å². The Kier molecular flexibility index (Phi) is 3.88. The van der Waals surface area contributed by atoms with Gasteiger partial charge < -0.3 is 15.2 Å². The third-order valence-corrected chi connectivity index (χ3v) is 3.28. The molecule has 0 radical (unpaired) electrons. The Morgan fingerprint density at radius 1 is 1.30 bits per heavy atom. The van der Waals surface area contributed by atoms with Crippen LogP contribution in [0.15, 0.2) is 30.6 Å². The van der Waals surface area contributed by atoms with Crippen LogP contribution in [0.3, 0.4) is 0 Å². The van der Waals surface area contributed by atoms with E-state index in [1.54, 1.807) is 36.1 Å². The number of aromatic nitrogens is 4. The molecule has 2 N–H and O–H groups in total. The first-order valence-corrected chi connectivity index (χ1v) is 7.00. The fourth-order valence-corrected chi connectivity index (χ4v) is 2.24. The third kappa shape index (κ3) is 2.96. The number of rotatable bonds is 4. The molecule has 1 aromatic carbocycles. The Balaban J connectivity index is 2.08. The lowest BCUT2D eigenvalue weighted by atomic mass is 10.2. The molecule has 0 saturated carbocycles. The van der Waals surface area contributed by atoms with Gasteiger partial charge in [0.1, 0.15) is 5.82 Å². The summed E-state index contributed by atoms with van der Waals surface area (Å²) in [4.78, 5) is 24.1. The van der Waals surface area contributed by atoms with E-state index in [4.69, 9.17) is 0 Å². The first-order chi connectivity index (χ1) is 11.1. The number of halogens is 1. The van der Waals surface area contributed by atoms with E-state index in [0.717, 1.165) is 0 Å². The van der Waals surface area contributed by atoms with E-state index in [1.165, 1.54) is 13.0 Å². The molecule has 0 bridgehead atoms. The lowest BCUT2D eigenvalue weighted by Crippen LogP contribution is -2.11. The maximum atomic E-state index is 13.8. The molecule has 1 amide bonds. The molecule has 3 aromatic rings. The van der Waals surface area contributed by atoms with Gasteiger partial charge in [-0.25, -0.2) is 9.37 Å². The largest absolute Gasteiger partial charge is 0.357 e. The Labute approximate surface area is 131 Å². The lowest BCUT2D eigenvalue weighted by Gasteiger charge is -2.08. The molecule has 0 atom stereocenters. The van der Waals surface area contributed by atoms with E-state index in [9.17, 15) is 9.18 Å². The third-order valence-electron chi connectivity index (χ3n) is 3.28. The van der Waals surface area contributed by atoms with E-state index in [-0.39, 0.29) is 18.3 Å². The van der Waals surface area contributed by atoms with Gasteiger partial charge in [-0.1, -0.05) is 18.2 Å². The number of hydrogen-bond acceptors (Lipinski definition) is 5. The normalized spacial score (nSPS) is 10.7. The molecule has 0 aliphatic rings. The number of carbonyl (C=O) groups excluding carboxylic acids is 1. The number of nitrogens with one attached hydrogen (secondary N) is 2. The van der Waals surface area contributed by atoms with Crippen LogP contribution >= 0.6 is 0 Å². The fraction of sp³-hybridized carbons (Fsp3) is 0.200. The van der Waals surface area contributed by atoms with E-state index in [0.29, 0.717) is 28.5 Å². The molecule has 118 valence electrons. The highest BCUT2D eigenvalue weighted by Crippen LogP contribution is 2.22. The van der Waals surface area contributed by atoms with E-state index < -0.39 is 0 Å². The minimum atomic E-state index is -0.292. The van der Waals surface area contributed by atoms with Crippen LogP contribution in [-0.2, 0) is 11.3 Å². The van der Waals surface area contributed by atoms with Gasteiger partial charge >= 0.3 is 0 Å². The maximum Gasteiger partial charge on any atom is 0.226 e. The van der Waals surface area contributed by atoms with Gasteiger partial charge in [0, 0.05) is 19.5 Å². The van der Waals surface area contributed by atoms with Crippen molar-refractivity contribution in [1.29, 1.82) is 0 Å². The molecule has 23 heavy (non-hydrogen) atoms. The molecule has 0 unspecified atom stereocenters. The summed E-state index contributed by atoms with van der Waals surface area (Å²) in [7, 11) is 1.68. The number of nitrogens with zero attached hydrogens (tertiary/aromatic N) is 4. The van der Waals surface area contributed by atoms with Crippen LogP contribution in [0.1, 0.15) is 12.5 Å². The smallest absolute Gasteiger partial charge is 0.226 e. The molecule has 0 aliphatic heterocycles.